The summed E-state index contributed by atoms with van der Waals surface area (Å²) in [5.41, 5.74) is 2.64. The Hall–Kier alpha value is -2.75. The number of nitriles is 1. The number of phenolic OH excluding ortho intramolecular Hbond substituents is 1. The Kier molecular flexibility index (Phi) is 6.24. The van der Waals surface area contributed by atoms with E-state index in [9.17, 15) is 5.11 Å². The van der Waals surface area contributed by atoms with Gasteiger partial charge in [0.05, 0.1) is 18.2 Å². The Bertz CT molecular complexity index is 733. The molecule has 3 nitrogen and oxygen atoms in total. The Labute approximate surface area is 137 Å². The third kappa shape index (κ3) is 5.51. The molecule has 0 atom stereocenters. The third-order valence-electron chi connectivity index (χ3n) is 3.41. The van der Waals surface area contributed by atoms with E-state index in [2.05, 4.69) is 29.7 Å². The van der Waals surface area contributed by atoms with Crippen molar-refractivity contribution < 1.29 is 5.11 Å². The van der Waals surface area contributed by atoms with Crippen LogP contribution in [0.25, 0.3) is 0 Å². The molecule has 3 heteroatoms. The van der Waals surface area contributed by atoms with Gasteiger partial charge in [0.2, 0.25) is 0 Å². The van der Waals surface area contributed by atoms with Crippen LogP contribution in [0.4, 0.5) is 0 Å². The number of hydrogen-bond donors (Lipinski definition) is 1. The summed E-state index contributed by atoms with van der Waals surface area (Å²) in [6, 6.07) is 16.7. The maximum absolute atomic E-state index is 9.55. The van der Waals surface area contributed by atoms with Gasteiger partial charge in [-0.15, -0.1) is 0 Å². The molecule has 0 aliphatic carbocycles. The van der Waals surface area contributed by atoms with E-state index < -0.39 is 0 Å². The normalized spacial score (nSPS) is 9.96. The fourth-order valence-electron chi connectivity index (χ4n) is 2.32. The van der Waals surface area contributed by atoms with Gasteiger partial charge in [-0.3, -0.25) is 4.90 Å². The predicted octanol–water partition coefficient (Wildman–Crippen LogP) is 3.53. The van der Waals surface area contributed by atoms with Crippen LogP contribution < -0.4 is 0 Å². The maximum atomic E-state index is 9.55. The van der Waals surface area contributed by atoms with E-state index in [1.165, 1.54) is 0 Å². The highest BCUT2D eigenvalue weighted by atomic mass is 16.3. The molecule has 0 bridgehead atoms. The van der Waals surface area contributed by atoms with Crippen molar-refractivity contribution in [1.82, 2.24) is 4.90 Å². The number of hydrogen-bond acceptors (Lipinski definition) is 3. The molecule has 2 aromatic rings. The Morgan fingerprint density at radius 3 is 2.48 bits per heavy atom. The van der Waals surface area contributed by atoms with Crippen molar-refractivity contribution in [1.29, 1.82) is 5.26 Å². The van der Waals surface area contributed by atoms with Crippen LogP contribution in [0.3, 0.4) is 0 Å². The summed E-state index contributed by atoms with van der Waals surface area (Å²) in [6.45, 7) is 4.54. The molecule has 0 saturated carbocycles. The summed E-state index contributed by atoms with van der Waals surface area (Å²) in [5.74, 6) is 6.62. The first-order valence-corrected chi connectivity index (χ1v) is 7.70. The van der Waals surface area contributed by atoms with E-state index in [1.807, 2.05) is 24.3 Å². The Morgan fingerprint density at radius 2 is 1.83 bits per heavy atom. The smallest absolute Gasteiger partial charge is 0.115 e. The molecule has 0 heterocycles. The highest BCUT2D eigenvalue weighted by molar-refractivity contribution is 5.39. The molecule has 0 amide bonds. The van der Waals surface area contributed by atoms with Crippen LogP contribution in [0, 0.1) is 23.2 Å². The second-order valence-electron chi connectivity index (χ2n) is 5.37. The molecule has 0 aromatic heterocycles. The minimum Gasteiger partial charge on any atom is -0.508 e. The van der Waals surface area contributed by atoms with E-state index in [-0.39, 0.29) is 0 Å². The third-order valence-corrected chi connectivity index (χ3v) is 3.41. The summed E-state index contributed by atoms with van der Waals surface area (Å²) in [7, 11) is 0. The van der Waals surface area contributed by atoms with Crippen molar-refractivity contribution in [3.63, 3.8) is 0 Å². The minimum atomic E-state index is 0.294. The largest absolute Gasteiger partial charge is 0.508 e. The highest BCUT2D eigenvalue weighted by Gasteiger charge is 2.04. The van der Waals surface area contributed by atoms with Crippen molar-refractivity contribution in [2.45, 2.75) is 19.9 Å². The molecule has 0 unspecified atom stereocenters. The molecule has 0 aliphatic rings. The average molecular weight is 304 g/mol. The van der Waals surface area contributed by atoms with Crippen LogP contribution in [0.2, 0.25) is 0 Å². The van der Waals surface area contributed by atoms with Crippen LogP contribution in [-0.2, 0) is 6.54 Å². The molecular weight excluding hydrogens is 284 g/mol. The van der Waals surface area contributed by atoms with E-state index in [0.717, 1.165) is 30.6 Å². The summed E-state index contributed by atoms with van der Waals surface area (Å²) in [5, 5.41) is 18.3. The van der Waals surface area contributed by atoms with Crippen LogP contribution >= 0.6 is 0 Å². The molecule has 0 aliphatic heterocycles. The number of benzene rings is 2. The van der Waals surface area contributed by atoms with Crippen LogP contribution in [-0.4, -0.2) is 23.1 Å². The standard InChI is InChI=1S/C20H20N2O/c1-2-12-22(16-19-5-3-7-20(23)14-19)13-4-6-17-8-10-18(15-21)11-9-17/h3,5,7-11,14,23H,2,12-13,16H2,1H3. The Balaban J connectivity index is 1.99. The molecule has 2 rings (SSSR count). The zero-order valence-corrected chi connectivity index (χ0v) is 13.3. The molecule has 0 saturated heterocycles. The highest BCUT2D eigenvalue weighted by Crippen LogP contribution is 2.13. The van der Waals surface area contributed by atoms with Gasteiger partial charge in [0.15, 0.2) is 0 Å². The van der Waals surface area contributed by atoms with Gasteiger partial charge in [0, 0.05) is 12.1 Å². The minimum absolute atomic E-state index is 0.294. The predicted molar refractivity (Wildman–Crippen MR) is 91.7 cm³/mol. The first kappa shape index (κ1) is 16.6. The SMILES string of the molecule is CCCN(CC#Cc1ccc(C#N)cc1)Cc1cccc(O)c1. The molecule has 0 fully saturated rings. The number of rotatable bonds is 5. The van der Waals surface area contributed by atoms with E-state index in [1.54, 1.807) is 24.3 Å². The molecule has 2 aromatic carbocycles. The van der Waals surface area contributed by atoms with Gasteiger partial charge in [-0.2, -0.15) is 5.26 Å². The first-order valence-electron chi connectivity index (χ1n) is 7.70. The fraction of sp³-hybridized carbons (Fsp3) is 0.250. The number of phenols is 1. The van der Waals surface area contributed by atoms with Crippen molar-refractivity contribution in [2.24, 2.45) is 0 Å². The van der Waals surface area contributed by atoms with E-state index in [4.69, 9.17) is 5.26 Å². The summed E-state index contributed by atoms with van der Waals surface area (Å²) < 4.78 is 0. The summed E-state index contributed by atoms with van der Waals surface area (Å²) in [4.78, 5) is 2.26. The molecule has 0 spiro atoms. The van der Waals surface area contributed by atoms with Crippen LogP contribution in [0.5, 0.6) is 5.75 Å². The summed E-state index contributed by atoms with van der Waals surface area (Å²) in [6.07, 6.45) is 1.05. The lowest BCUT2D eigenvalue weighted by atomic mass is 10.1. The summed E-state index contributed by atoms with van der Waals surface area (Å²) >= 11 is 0. The molecule has 0 radical (unpaired) electrons. The average Bonchev–Trinajstić information content (AvgIpc) is 2.56. The lowest BCUT2D eigenvalue weighted by Crippen LogP contribution is -2.24. The second kappa shape index (κ2) is 8.63. The maximum Gasteiger partial charge on any atom is 0.115 e. The lowest BCUT2D eigenvalue weighted by Gasteiger charge is -2.18. The van der Waals surface area contributed by atoms with Crippen LogP contribution in [0.15, 0.2) is 48.5 Å². The van der Waals surface area contributed by atoms with Gasteiger partial charge < -0.3 is 5.11 Å². The van der Waals surface area contributed by atoms with Gasteiger partial charge in [0.25, 0.3) is 0 Å². The zero-order valence-electron chi connectivity index (χ0n) is 13.3. The van der Waals surface area contributed by atoms with Crippen molar-refractivity contribution >= 4 is 0 Å². The van der Waals surface area contributed by atoms with Gasteiger partial charge >= 0.3 is 0 Å². The first-order chi connectivity index (χ1) is 11.2. The van der Waals surface area contributed by atoms with Crippen molar-refractivity contribution in [2.75, 3.05) is 13.1 Å². The van der Waals surface area contributed by atoms with Crippen molar-refractivity contribution in [3.05, 3.63) is 65.2 Å². The zero-order chi connectivity index (χ0) is 16.5. The van der Waals surface area contributed by atoms with Gasteiger partial charge in [0.1, 0.15) is 5.75 Å². The quantitative estimate of drug-likeness (QED) is 0.860. The van der Waals surface area contributed by atoms with Gasteiger partial charge in [-0.1, -0.05) is 30.9 Å². The number of nitrogens with zero attached hydrogens (tertiary/aromatic N) is 2. The molecular formula is C20H20N2O. The lowest BCUT2D eigenvalue weighted by molar-refractivity contribution is 0.299. The number of aromatic hydroxyl groups is 1. The topological polar surface area (TPSA) is 47.3 Å². The Morgan fingerprint density at radius 1 is 1.09 bits per heavy atom. The second-order valence-corrected chi connectivity index (χ2v) is 5.37. The fourth-order valence-corrected chi connectivity index (χ4v) is 2.32. The van der Waals surface area contributed by atoms with Crippen molar-refractivity contribution in [3.8, 4) is 23.7 Å². The van der Waals surface area contributed by atoms with Gasteiger partial charge in [-0.25, -0.2) is 0 Å². The molecule has 23 heavy (non-hydrogen) atoms. The van der Waals surface area contributed by atoms with Crippen LogP contribution in [0.1, 0.15) is 30.0 Å². The van der Waals surface area contributed by atoms with Gasteiger partial charge in [-0.05, 0) is 54.9 Å². The van der Waals surface area contributed by atoms with E-state index >= 15 is 0 Å². The molecule has 116 valence electrons. The monoisotopic (exact) mass is 304 g/mol. The molecule has 1 N–H and O–H groups in total. The van der Waals surface area contributed by atoms with E-state index in [0.29, 0.717) is 17.9 Å².